The van der Waals surface area contributed by atoms with Crippen LogP contribution in [0.5, 0.6) is 0 Å². The molecular weight excluding hydrogens is 370 g/mol. The minimum atomic E-state index is -0.552. The molecule has 8 heteroatoms. The molecule has 0 saturated heterocycles. The average molecular weight is 391 g/mol. The molecule has 0 aromatic carbocycles. The highest BCUT2D eigenvalue weighted by Gasteiger charge is 2.26. The van der Waals surface area contributed by atoms with Crippen molar-refractivity contribution < 1.29 is 28.3 Å². The number of rotatable bonds is 7. The number of furan rings is 1. The molecule has 1 aliphatic carbocycles. The number of carbonyl (C=O) groups is 3. The largest absolute Gasteiger partial charge is 0.464 e. The summed E-state index contributed by atoms with van der Waals surface area (Å²) >= 11 is 1.18. The summed E-state index contributed by atoms with van der Waals surface area (Å²) in [5, 5.41) is 4.69. The summed E-state index contributed by atoms with van der Waals surface area (Å²) in [6.07, 6.45) is 5.15. The maximum atomic E-state index is 12.4. The second-order valence-electron chi connectivity index (χ2n) is 6.19. The summed E-state index contributed by atoms with van der Waals surface area (Å²) in [5.74, 6) is -0.999. The molecule has 0 radical (unpaired) electrons. The second-order valence-corrected chi connectivity index (χ2v) is 7.07. The highest BCUT2D eigenvalue weighted by molar-refractivity contribution is 7.15. The lowest BCUT2D eigenvalue weighted by Crippen LogP contribution is -2.24. The van der Waals surface area contributed by atoms with Crippen molar-refractivity contribution in [2.24, 2.45) is 5.92 Å². The van der Waals surface area contributed by atoms with Crippen molar-refractivity contribution in [1.82, 2.24) is 0 Å². The van der Waals surface area contributed by atoms with Crippen LogP contribution in [0.1, 0.15) is 43.0 Å². The molecule has 2 aromatic heterocycles. The Morgan fingerprint density at radius 3 is 2.70 bits per heavy atom. The Hall–Kier alpha value is -2.61. The molecule has 0 spiro atoms. The van der Waals surface area contributed by atoms with Crippen molar-refractivity contribution in [3.8, 4) is 11.3 Å². The standard InChI is InChI=1S/C19H21NO6S/c1-2-24-19(23)16-13(14-8-5-9-25-14)11-27-17(16)20-15(21)10-26-18(22)12-6-3-4-7-12/h5,8-9,11-12H,2-4,6-7,10H2,1H3,(H,20,21). The number of ether oxygens (including phenoxy) is 2. The van der Waals surface area contributed by atoms with Crippen molar-refractivity contribution in [3.05, 3.63) is 29.3 Å². The van der Waals surface area contributed by atoms with Crippen LogP contribution < -0.4 is 5.32 Å². The number of esters is 2. The lowest BCUT2D eigenvalue weighted by atomic mass is 10.1. The summed E-state index contributed by atoms with van der Waals surface area (Å²) in [4.78, 5) is 36.5. The van der Waals surface area contributed by atoms with Crippen LogP contribution in [-0.2, 0) is 19.1 Å². The van der Waals surface area contributed by atoms with Gasteiger partial charge in [-0.1, -0.05) is 12.8 Å². The normalized spacial score (nSPS) is 14.1. The average Bonchev–Trinajstić information content (AvgIpc) is 3.40. The fourth-order valence-corrected chi connectivity index (χ4v) is 4.00. The van der Waals surface area contributed by atoms with Gasteiger partial charge in [0.25, 0.3) is 5.91 Å². The molecule has 0 aliphatic heterocycles. The van der Waals surface area contributed by atoms with E-state index in [0.29, 0.717) is 16.3 Å². The van der Waals surface area contributed by atoms with Crippen LogP contribution in [0.3, 0.4) is 0 Å². The SMILES string of the molecule is CCOC(=O)c1c(-c2ccco2)csc1NC(=O)COC(=O)C1CCCC1. The predicted octanol–water partition coefficient (Wildman–Crippen LogP) is 3.86. The summed E-state index contributed by atoms with van der Waals surface area (Å²) < 4.78 is 15.6. The van der Waals surface area contributed by atoms with Gasteiger partial charge in [-0.15, -0.1) is 11.3 Å². The van der Waals surface area contributed by atoms with E-state index in [0.717, 1.165) is 25.7 Å². The highest BCUT2D eigenvalue weighted by atomic mass is 32.1. The fraction of sp³-hybridized carbons (Fsp3) is 0.421. The van der Waals surface area contributed by atoms with Gasteiger partial charge in [0.05, 0.1) is 18.8 Å². The first kappa shape index (κ1) is 19.2. The van der Waals surface area contributed by atoms with Crippen molar-refractivity contribution in [1.29, 1.82) is 0 Å². The highest BCUT2D eigenvalue weighted by Crippen LogP contribution is 2.36. The fourth-order valence-electron chi connectivity index (χ4n) is 3.05. The van der Waals surface area contributed by atoms with E-state index in [9.17, 15) is 14.4 Å². The number of hydrogen-bond acceptors (Lipinski definition) is 7. The molecule has 1 N–H and O–H groups in total. The lowest BCUT2D eigenvalue weighted by Gasteiger charge is -2.10. The zero-order chi connectivity index (χ0) is 19.2. The molecule has 1 saturated carbocycles. The molecule has 1 fully saturated rings. The first-order valence-electron chi connectivity index (χ1n) is 8.89. The van der Waals surface area contributed by atoms with Gasteiger partial charge in [-0.3, -0.25) is 9.59 Å². The molecule has 3 rings (SSSR count). The van der Waals surface area contributed by atoms with Crippen LogP contribution in [0.25, 0.3) is 11.3 Å². The van der Waals surface area contributed by atoms with Crippen molar-refractivity contribution in [2.75, 3.05) is 18.5 Å². The molecule has 1 aliphatic rings. The molecule has 1 amide bonds. The molecular formula is C19H21NO6S. The number of carbonyl (C=O) groups excluding carboxylic acids is 3. The van der Waals surface area contributed by atoms with Crippen molar-refractivity contribution >= 4 is 34.2 Å². The minimum Gasteiger partial charge on any atom is -0.464 e. The van der Waals surface area contributed by atoms with E-state index in [-0.39, 0.29) is 30.7 Å². The Labute approximate surface area is 160 Å². The van der Waals surface area contributed by atoms with Crippen LogP contribution >= 0.6 is 11.3 Å². The molecule has 0 unspecified atom stereocenters. The molecule has 27 heavy (non-hydrogen) atoms. The summed E-state index contributed by atoms with van der Waals surface area (Å²) in [7, 11) is 0. The van der Waals surface area contributed by atoms with E-state index in [4.69, 9.17) is 13.9 Å². The van der Waals surface area contributed by atoms with Gasteiger partial charge in [0.15, 0.2) is 6.61 Å². The van der Waals surface area contributed by atoms with E-state index in [2.05, 4.69) is 5.32 Å². The third-order valence-corrected chi connectivity index (χ3v) is 5.24. The topological polar surface area (TPSA) is 94.8 Å². The summed E-state index contributed by atoms with van der Waals surface area (Å²) in [5.41, 5.74) is 0.772. The number of anilines is 1. The predicted molar refractivity (Wildman–Crippen MR) is 99.5 cm³/mol. The van der Waals surface area contributed by atoms with E-state index in [1.165, 1.54) is 17.6 Å². The number of amides is 1. The molecule has 0 bridgehead atoms. The first-order valence-corrected chi connectivity index (χ1v) is 9.77. The van der Waals surface area contributed by atoms with Gasteiger partial charge in [0, 0.05) is 10.9 Å². The van der Waals surface area contributed by atoms with Crippen LogP contribution in [0.15, 0.2) is 28.2 Å². The Kier molecular flexibility index (Phi) is 6.28. The Balaban J connectivity index is 1.69. The zero-order valence-corrected chi connectivity index (χ0v) is 15.8. The van der Waals surface area contributed by atoms with Crippen molar-refractivity contribution in [2.45, 2.75) is 32.6 Å². The number of hydrogen-bond donors (Lipinski definition) is 1. The monoisotopic (exact) mass is 391 g/mol. The van der Waals surface area contributed by atoms with Gasteiger partial charge in [0.1, 0.15) is 16.3 Å². The molecule has 0 atom stereocenters. The quantitative estimate of drug-likeness (QED) is 0.720. The van der Waals surface area contributed by atoms with Crippen LogP contribution in [0, 0.1) is 5.92 Å². The Bertz CT molecular complexity index is 804. The van der Waals surface area contributed by atoms with Crippen LogP contribution in [0.4, 0.5) is 5.00 Å². The van der Waals surface area contributed by atoms with E-state index in [1.54, 1.807) is 24.4 Å². The smallest absolute Gasteiger partial charge is 0.341 e. The van der Waals surface area contributed by atoms with Gasteiger partial charge in [-0.2, -0.15) is 0 Å². The van der Waals surface area contributed by atoms with Gasteiger partial charge < -0.3 is 19.2 Å². The number of thiophene rings is 1. The zero-order valence-electron chi connectivity index (χ0n) is 15.0. The maximum absolute atomic E-state index is 12.4. The first-order chi connectivity index (χ1) is 13.1. The Morgan fingerprint density at radius 1 is 1.26 bits per heavy atom. The molecule has 2 aromatic rings. The molecule has 144 valence electrons. The van der Waals surface area contributed by atoms with Gasteiger partial charge in [-0.05, 0) is 31.9 Å². The van der Waals surface area contributed by atoms with E-state index < -0.39 is 11.9 Å². The third-order valence-electron chi connectivity index (χ3n) is 4.34. The van der Waals surface area contributed by atoms with E-state index in [1.807, 2.05) is 0 Å². The number of nitrogens with one attached hydrogen (secondary N) is 1. The minimum absolute atomic E-state index is 0.111. The summed E-state index contributed by atoms with van der Waals surface area (Å²) in [6, 6.07) is 3.43. The third kappa shape index (κ3) is 4.57. The van der Waals surface area contributed by atoms with Crippen LogP contribution in [0.2, 0.25) is 0 Å². The van der Waals surface area contributed by atoms with E-state index >= 15 is 0 Å². The molecule has 7 nitrogen and oxygen atoms in total. The van der Waals surface area contributed by atoms with Crippen molar-refractivity contribution in [3.63, 3.8) is 0 Å². The van der Waals surface area contributed by atoms with Gasteiger partial charge >= 0.3 is 11.9 Å². The van der Waals surface area contributed by atoms with Gasteiger partial charge in [0.2, 0.25) is 0 Å². The maximum Gasteiger partial charge on any atom is 0.341 e. The summed E-state index contributed by atoms with van der Waals surface area (Å²) in [6.45, 7) is 1.53. The lowest BCUT2D eigenvalue weighted by molar-refractivity contribution is -0.151. The van der Waals surface area contributed by atoms with Crippen LogP contribution in [-0.4, -0.2) is 31.1 Å². The molecule has 2 heterocycles. The van der Waals surface area contributed by atoms with Gasteiger partial charge in [-0.25, -0.2) is 4.79 Å². The second kappa shape index (κ2) is 8.85. The Morgan fingerprint density at radius 2 is 2.04 bits per heavy atom.